The molecule has 1 heterocycles. The van der Waals surface area contributed by atoms with Crippen molar-refractivity contribution in [2.24, 2.45) is 0 Å². The molecule has 6 nitrogen and oxygen atoms in total. The number of hydrogen-bond acceptors (Lipinski definition) is 4. The van der Waals surface area contributed by atoms with Gasteiger partial charge in [0.2, 0.25) is 11.8 Å². The Balaban J connectivity index is 2.01. The van der Waals surface area contributed by atoms with Crippen LogP contribution in [0.1, 0.15) is 26.7 Å². The molecule has 0 spiro atoms. The number of hydrogen-bond donors (Lipinski definition) is 0. The molecule has 0 bridgehead atoms. The Morgan fingerprint density at radius 1 is 1.21 bits per heavy atom. The van der Waals surface area contributed by atoms with Crippen molar-refractivity contribution >= 4 is 27.3 Å². The Bertz CT molecular complexity index is 688. The second kappa shape index (κ2) is 7.79. The summed E-state index contributed by atoms with van der Waals surface area (Å²) < 4.78 is 23.3. The summed E-state index contributed by atoms with van der Waals surface area (Å²) in [6.07, 6.45) is 0.630. The van der Waals surface area contributed by atoms with Crippen molar-refractivity contribution in [2.45, 2.75) is 32.7 Å². The van der Waals surface area contributed by atoms with Crippen LogP contribution in [-0.4, -0.2) is 55.8 Å². The molecule has 1 saturated heterocycles. The number of anilines is 1. The molecule has 24 heavy (non-hydrogen) atoms. The molecule has 1 fully saturated rings. The van der Waals surface area contributed by atoms with Crippen molar-refractivity contribution in [1.82, 2.24) is 4.90 Å². The van der Waals surface area contributed by atoms with Crippen LogP contribution < -0.4 is 4.90 Å². The van der Waals surface area contributed by atoms with E-state index in [1.165, 1.54) is 11.8 Å². The van der Waals surface area contributed by atoms with Gasteiger partial charge in [0.25, 0.3) is 0 Å². The standard InChI is InChI=1S/C17H24N2O4S/c1-3-18(15-7-5-4-6-8-15)17(21)9-11-19(14(2)20)16-10-12-24(22,23)13-16/h4-8,16H,3,9-13H2,1-2H3. The van der Waals surface area contributed by atoms with Crippen molar-refractivity contribution < 1.29 is 18.0 Å². The molecule has 0 aliphatic carbocycles. The molecule has 1 aliphatic heterocycles. The fourth-order valence-corrected chi connectivity index (χ4v) is 4.81. The van der Waals surface area contributed by atoms with Gasteiger partial charge in [0.1, 0.15) is 0 Å². The Labute approximate surface area is 143 Å². The minimum absolute atomic E-state index is 0.00303. The van der Waals surface area contributed by atoms with E-state index in [1.54, 1.807) is 4.90 Å². The van der Waals surface area contributed by atoms with Crippen molar-refractivity contribution in [1.29, 1.82) is 0 Å². The Morgan fingerprint density at radius 3 is 2.38 bits per heavy atom. The average Bonchev–Trinajstić information content (AvgIpc) is 2.89. The molecule has 1 aliphatic rings. The van der Waals surface area contributed by atoms with Gasteiger partial charge in [-0.15, -0.1) is 0 Å². The number of rotatable bonds is 6. The summed E-state index contributed by atoms with van der Waals surface area (Å²) >= 11 is 0. The SMILES string of the molecule is CCN(C(=O)CCN(C(C)=O)C1CCS(=O)(=O)C1)c1ccccc1. The fraction of sp³-hybridized carbons (Fsp3) is 0.529. The minimum Gasteiger partial charge on any atom is -0.338 e. The molecule has 2 amide bonds. The van der Waals surface area contributed by atoms with E-state index in [0.717, 1.165) is 5.69 Å². The lowest BCUT2D eigenvalue weighted by atomic mass is 10.2. The highest BCUT2D eigenvalue weighted by Crippen LogP contribution is 2.19. The van der Waals surface area contributed by atoms with E-state index >= 15 is 0 Å². The molecule has 1 atom stereocenters. The van der Waals surface area contributed by atoms with Gasteiger partial charge in [0.15, 0.2) is 9.84 Å². The second-order valence-corrected chi connectivity index (χ2v) is 8.22. The smallest absolute Gasteiger partial charge is 0.228 e. The van der Waals surface area contributed by atoms with E-state index in [4.69, 9.17) is 0 Å². The first-order chi connectivity index (χ1) is 11.3. The maximum atomic E-state index is 12.5. The Kier molecular flexibility index (Phi) is 5.99. The van der Waals surface area contributed by atoms with Gasteiger partial charge in [0.05, 0.1) is 11.5 Å². The number of sulfone groups is 1. The molecule has 0 saturated carbocycles. The van der Waals surface area contributed by atoms with Gasteiger partial charge in [-0.2, -0.15) is 0 Å². The van der Waals surface area contributed by atoms with Crippen LogP contribution in [0.4, 0.5) is 5.69 Å². The maximum Gasteiger partial charge on any atom is 0.228 e. The normalized spacial score (nSPS) is 19.0. The number of carbonyl (C=O) groups excluding carboxylic acids is 2. The minimum atomic E-state index is -3.07. The van der Waals surface area contributed by atoms with Gasteiger partial charge in [0, 0.05) is 38.2 Å². The highest BCUT2D eigenvalue weighted by atomic mass is 32.2. The van der Waals surface area contributed by atoms with Crippen LogP contribution in [0.3, 0.4) is 0 Å². The lowest BCUT2D eigenvalue weighted by Crippen LogP contribution is -2.42. The molecular formula is C17H24N2O4S. The van der Waals surface area contributed by atoms with Crippen molar-refractivity contribution in [3.8, 4) is 0 Å². The van der Waals surface area contributed by atoms with E-state index in [0.29, 0.717) is 13.0 Å². The number of carbonyl (C=O) groups is 2. The largest absolute Gasteiger partial charge is 0.338 e. The second-order valence-electron chi connectivity index (χ2n) is 5.99. The zero-order chi connectivity index (χ0) is 17.7. The third-order valence-corrected chi connectivity index (χ3v) is 6.06. The monoisotopic (exact) mass is 352 g/mol. The highest BCUT2D eigenvalue weighted by molar-refractivity contribution is 7.91. The summed E-state index contributed by atoms with van der Waals surface area (Å²) in [5.41, 5.74) is 0.822. The quantitative estimate of drug-likeness (QED) is 0.777. The lowest BCUT2D eigenvalue weighted by molar-refractivity contribution is -0.131. The predicted octanol–water partition coefficient (Wildman–Crippen LogP) is 1.47. The third-order valence-electron chi connectivity index (χ3n) is 4.31. The van der Waals surface area contributed by atoms with E-state index < -0.39 is 9.84 Å². The first kappa shape index (κ1) is 18.4. The summed E-state index contributed by atoms with van der Waals surface area (Å²) in [4.78, 5) is 27.6. The maximum absolute atomic E-state index is 12.5. The van der Waals surface area contributed by atoms with Crippen molar-refractivity contribution in [2.75, 3.05) is 29.5 Å². The average molecular weight is 352 g/mol. The Hall–Kier alpha value is -1.89. The zero-order valence-electron chi connectivity index (χ0n) is 14.1. The zero-order valence-corrected chi connectivity index (χ0v) is 15.0. The van der Waals surface area contributed by atoms with E-state index in [-0.39, 0.29) is 42.3 Å². The Morgan fingerprint density at radius 2 is 1.88 bits per heavy atom. The summed E-state index contributed by atoms with van der Waals surface area (Å²) in [6, 6.07) is 9.06. The lowest BCUT2D eigenvalue weighted by Gasteiger charge is -2.28. The van der Waals surface area contributed by atoms with Crippen molar-refractivity contribution in [3.63, 3.8) is 0 Å². The van der Waals surface area contributed by atoms with Gasteiger partial charge in [-0.05, 0) is 25.5 Å². The van der Waals surface area contributed by atoms with Gasteiger partial charge in [-0.25, -0.2) is 8.42 Å². The van der Waals surface area contributed by atoms with Crippen LogP contribution in [0, 0.1) is 0 Å². The summed E-state index contributed by atoms with van der Waals surface area (Å²) in [5.74, 6) is -0.152. The predicted molar refractivity (Wildman–Crippen MR) is 93.5 cm³/mol. The number of para-hydroxylation sites is 1. The van der Waals surface area contributed by atoms with Crippen LogP contribution in [0.25, 0.3) is 0 Å². The molecule has 1 aromatic carbocycles. The molecule has 1 aromatic rings. The first-order valence-electron chi connectivity index (χ1n) is 8.17. The fourth-order valence-electron chi connectivity index (χ4n) is 3.08. The van der Waals surface area contributed by atoms with E-state index in [9.17, 15) is 18.0 Å². The van der Waals surface area contributed by atoms with Crippen LogP contribution >= 0.6 is 0 Å². The number of amides is 2. The van der Waals surface area contributed by atoms with Gasteiger partial charge < -0.3 is 9.80 Å². The van der Waals surface area contributed by atoms with Crippen molar-refractivity contribution in [3.05, 3.63) is 30.3 Å². The van der Waals surface area contributed by atoms with E-state index in [2.05, 4.69) is 0 Å². The van der Waals surface area contributed by atoms with Gasteiger partial charge >= 0.3 is 0 Å². The number of nitrogens with zero attached hydrogens (tertiary/aromatic N) is 2. The number of benzene rings is 1. The molecule has 132 valence electrons. The highest BCUT2D eigenvalue weighted by Gasteiger charge is 2.33. The first-order valence-corrected chi connectivity index (χ1v) is 9.99. The summed E-state index contributed by atoms with van der Waals surface area (Å²) in [7, 11) is -3.07. The molecule has 0 aromatic heterocycles. The van der Waals surface area contributed by atoms with E-state index in [1.807, 2.05) is 37.3 Å². The molecule has 0 radical (unpaired) electrons. The van der Waals surface area contributed by atoms with Crippen LogP contribution in [0.2, 0.25) is 0 Å². The third kappa shape index (κ3) is 4.56. The summed E-state index contributed by atoms with van der Waals surface area (Å²) in [6.45, 7) is 4.11. The summed E-state index contributed by atoms with van der Waals surface area (Å²) in [5, 5.41) is 0. The van der Waals surface area contributed by atoms with Gasteiger partial charge in [-0.1, -0.05) is 18.2 Å². The molecule has 1 unspecified atom stereocenters. The molecule has 0 N–H and O–H groups in total. The topological polar surface area (TPSA) is 74.8 Å². The van der Waals surface area contributed by atoms with Crippen LogP contribution in [0.15, 0.2) is 30.3 Å². The molecule has 2 rings (SSSR count). The van der Waals surface area contributed by atoms with Crippen LogP contribution in [0.5, 0.6) is 0 Å². The van der Waals surface area contributed by atoms with Crippen LogP contribution in [-0.2, 0) is 19.4 Å². The van der Waals surface area contributed by atoms with Gasteiger partial charge in [-0.3, -0.25) is 9.59 Å². The molecule has 7 heteroatoms. The molecular weight excluding hydrogens is 328 g/mol.